The molecule has 0 aliphatic rings. The van der Waals surface area contributed by atoms with Gasteiger partial charge < -0.3 is 30.5 Å². The van der Waals surface area contributed by atoms with Crippen LogP contribution in [0.4, 0.5) is 0 Å². The monoisotopic (exact) mass is 316 g/mol. The molecule has 0 aliphatic carbocycles. The summed E-state index contributed by atoms with van der Waals surface area (Å²) in [6, 6.07) is -1.36. The van der Waals surface area contributed by atoms with Gasteiger partial charge in [0.1, 0.15) is 6.04 Å². The predicted molar refractivity (Wildman–Crippen MR) is 65.0 cm³/mol. The van der Waals surface area contributed by atoms with Crippen LogP contribution >= 0.6 is 19.4 Å². The number of amides is 1. The molecule has 0 aromatic heterocycles. The van der Waals surface area contributed by atoms with Crippen molar-refractivity contribution in [2.75, 3.05) is 5.75 Å². The van der Waals surface area contributed by atoms with Crippen LogP contribution in [0.3, 0.4) is 0 Å². The molecule has 0 heterocycles. The molecule has 0 fully saturated rings. The number of oxime groups is 1. The summed E-state index contributed by atoms with van der Waals surface area (Å²) in [5.74, 6) is -4.74. The van der Waals surface area contributed by atoms with Gasteiger partial charge in [-0.05, 0) is 0 Å². The Morgan fingerprint density at radius 1 is 1.42 bits per heavy atom. The third-order valence-electron chi connectivity index (χ3n) is 1.71. The zero-order chi connectivity index (χ0) is 15.2. The molecule has 0 aromatic carbocycles. The Labute approximate surface area is 111 Å². The van der Waals surface area contributed by atoms with Crippen LogP contribution in [-0.4, -0.2) is 59.8 Å². The fourth-order valence-corrected chi connectivity index (χ4v) is 2.63. The van der Waals surface area contributed by atoms with Crippen LogP contribution in [0.2, 0.25) is 0 Å². The number of rotatable bonds is 6. The van der Waals surface area contributed by atoms with Crippen molar-refractivity contribution in [2.45, 2.75) is 18.8 Å². The van der Waals surface area contributed by atoms with Crippen molar-refractivity contribution in [3.63, 3.8) is 0 Å². The molecular formula is C7H13N2O8PS. The average Bonchev–Trinajstić information content (AvgIpc) is 2.25. The highest BCUT2D eigenvalue weighted by atomic mass is 32.2. The van der Waals surface area contributed by atoms with Crippen molar-refractivity contribution < 1.29 is 39.4 Å². The molecule has 1 unspecified atom stereocenters. The predicted octanol–water partition coefficient (Wildman–Crippen LogP) is -1.41. The second kappa shape index (κ2) is 7.46. The molecule has 0 saturated carbocycles. The minimum absolute atomic E-state index is 0.384. The SMILES string of the molecule is CC(=O)N[C@@H](CS/C(=N\O)C(O)P(=O)(O)O)C(=O)O. The van der Waals surface area contributed by atoms with Crippen molar-refractivity contribution in [3.8, 4) is 0 Å². The first-order valence-electron chi connectivity index (χ1n) is 4.67. The number of nitrogens with zero attached hydrogens (tertiary/aromatic N) is 1. The number of carbonyl (C=O) groups excluding carboxylic acids is 1. The van der Waals surface area contributed by atoms with Crippen molar-refractivity contribution >= 4 is 36.3 Å². The van der Waals surface area contributed by atoms with E-state index in [9.17, 15) is 14.2 Å². The van der Waals surface area contributed by atoms with Gasteiger partial charge in [0.2, 0.25) is 11.8 Å². The fourth-order valence-electron chi connectivity index (χ4n) is 0.888. The molecule has 110 valence electrons. The minimum Gasteiger partial charge on any atom is -0.480 e. The number of aliphatic carboxylic acids is 1. The lowest BCUT2D eigenvalue weighted by Gasteiger charge is -2.16. The molecule has 0 saturated heterocycles. The Bertz CT molecular complexity index is 421. The Morgan fingerprint density at radius 3 is 2.26 bits per heavy atom. The summed E-state index contributed by atoms with van der Waals surface area (Å²) >= 11 is 0.397. The minimum atomic E-state index is -4.93. The molecule has 12 heteroatoms. The summed E-state index contributed by atoms with van der Waals surface area (Å²) in [5, 5.41) is 30.3. The maximum Gasteiger partial charge on any atom is 0.360 e. The van der Waals surface area contributed by atoms with Crippen LogP contribution in [0.25, 0.3) is 0 Å². The van der Waals surface area contributed by atoms with Gasteiger partial charge in [-0.2, -0.15) is 0 Å². The van der Waals surface area contributed by atoms with E-state index < -0.39 is 36.4 Å². The Balaban J connectivity index is 4.70. The lowest BCUT2D eigenvalue weighted by atomic mass is 10.3. The lowest BCUT2D eigenvalue weighted by molar-refractivity contribution is -0.140. The molecular weight excluding hydrogens is 303 g/mol. The van der Waals surface area contributed by atoms with Crippen molar-refractivity contribution in [2.24, 2.45) is 5.16 Å². The van der Waals surface area contributed by atoms with E-state index in [4.69, 9.17) is 25.2 Å². The van der Waals surface area contributed by atoms with E-state index in [0.717, 1.165) is 6.92 Å². The van der Waals surface area contributed by atoms with Crippen LogP contribution < -0.4 is 5.32 Å². The number of carbonyl (C=O) groups is 2. The molecule has 1 amide bonds. The number of carboxylic acids is 1. The highest BCUT2D eigenvalue weighted by molar-refractivity contribution is 8.14. The third kappa shape index (κ3) is 6.55. The molecule has 10 nitrogen and oxygen atoms in total. The highest BCUT2D eigenvalue weighted by Crippen LogP contribution is 2.42. The number of hydrogen-bond acceptors (Lipinski definition) is 7. The van der Waals surface area contributed by atoms with Crippen molar-refractivity contribution in [3.05, 3.63) is 0 Å². The zero-order valence-electron chi connectivity index (χ0n) is 9.63. The van der Waals surface area contributed by atoms with Gasteiger partial charge in [0.25, 0.3) is 0 Å². The normalized spacial score (nSPS) is 15.7. The number of aliphatic hydroxyl groups excluding tert-OH is 1. The summed E-state index contributed by atoms with van der Waals surface area (Å²) in [7, 11) is -4.93. The topological polar surface area (TPSA) is 177 Å². The van der Waals surface area contributed by atoms with Crippen LogP contribution in [0.15, 0.2) is 5.16 Å². The lowest BCUT2D eigenvalue weighted by Crippen LogP contribution is -2.42. The molecule has 0 bridgehead atoms. The quantitative estimate of drug-likeness (QED) is 0.113. The number of thioether (sulfide) groups is 1. The van der Waals surface area contributed by atoms with Crippen LogP contribution in [0.5, 0.6) is 0 Å². The summed E-state index contributed by atoms with van der Waals surface area (Å²) in [5.41, 5.74) is 0. The largest absolute Gasteiger partial charge is 0.480 e. The van der Waals surface area contributed by atoms with Gasteiger partial charge >= 0.3 is 13.6 Å². The highest BCUT2D eigenvalue weighted by Gasteiger charge is 2.33. The smallest absolute Gasteiger partial charge is 0.360 e. The Kier molecular flexibility index (Phi) is 7.01. The van der Waals surface area contributed by atoms with Crippen molar-refractivity contribution in [1.82, 2.24) is 5.32 Å². The summed E-state index contributed by atoms with van der Waals surface area (Å²) < 4.78 is 10.7. The second-order valence-corrected chi connectivity index (χ2v) is 6.01. The van der Waals surface area contributed by atoms with Gasteiger partial charge in [0, 0.05) is 12.7 Å². The van der Waals surface area contributed by atoms with E-state index >= 15 is 0 Å². The molecule has 0 aromatic rings. The summed E-state index contributed by atoms with van der Waals surface area (Å²) in [6.45, 7) is 1.09. The number of carboxylic acid groups (broad SMARTS) is 1. The maximum atomic E-state index is 10.8. The molecule has 0 spiro atoms. The first-order chi connectivity index (χ1) is 8.59. The third-order valence-corrected chi connectivity index (χ3v) is 3.87. The van der Waals surface area contributed by atoms with Crippen LogP contribution in [-0.2, 0) is 14.2 Å². The Hall–Kier alpha value is -1.13. The van der Waals surface area contributed by atoms with E-state index in [1.807, 2.05) is 0 Å². The zero-order valence-corrected chi connectivity index (χ0v) is 11.3. The molecule has 6 N–H and O–H groups in total. The van der Waals surface area contributed by atoms with Gasteiger partial charge in [-0.3, -0.25) is 9.36 Å². The van der Waals surface area contributed by atoms with Gasteiger partial charge in [-0.1, -0.05) is 5.16 Å². The average molecular weight is 316 g/mol. The molecule has 0 rings (SSSR count). The Morgan fingerprint density at radius 2 is 1.95 bits per heavy atom. The molecule has 19 heavy (non-hydrogen) atoms. The van der Waals surface area contributed by atoms with Crippen molar-refractivity contribution in [1.29, 1.82) is 0 Å². The first kappa shape index (κ1) is 17.9. The van der Waals surface area contributed by atoms with E-state index in [1.54, 1.807) is 0 Å². The van der Waals surface area contributed by atoms with E-state index in [2.05, 4.69) is 10.5 Å². The van der Waals surface area contributed by atoms with Gasteiger partial charge in [0.15, 0.2) is 5.04 Å². The number of hydrogen-bond donors (Lipinski definition) is 6. The van der Waals surface area contributed by atoms with E-state index in [0.29, 0.717) is 11.8 Å². The number of nitrogens with one attached hydrogen (secondary N) is 1. The summed E-state index contributed by atoms with van der Waals surface area (Å²) in [4.78, 5) is 38.8. The second-order valence-electron chi connectivity index (χ2n) is 3.30. The maximum absolute atomic E-state index is 10.8. The van der Waals surface area contributed by atoms with Crippen LogP contribution in [0.1, 0.15) is 6.92 Å². The van der Waals surface area contributed by atoms with Gasteiger partial charge in [-0.25, -0.2) is 4.79 Å². The molecule has 0 radical (unpaired) electrons. The number of aliphatic hydroxyl groups is 1. The standard InChI is InChI=1S/C7H13N2O8PS/c1-3(10)8-4(6(11)12)2-19-5(9-14)7(13)18(15,16)17/h4,7,13-14H,2H2,1H3,(H,8,10)(H,11,12)(H2,15,16,17)/b9-5-/t4-,7?/m0/s1. The van der Waals surface area contributed by atoms with E-state index in [-0.39, 0.29) is 5.75 Å². The molecule has 2 atom stereocenters. The molecule has 0 aliphatic heterocycles. The summed E-state index contributed by atoms with van der Waals surface area (Å²) in [6.07, 6.45) is 0. The first-order valence-corrected chi connectivity index (χ1v) is 7.34. The van der Waals surface area contributed by atoms with Gasteiger partial charge in [0.05, 0.1) is 0 Å². The van der Waals surface area contributed by atoms with E-state index in [1.165, 1.54) is 0 Å². The van der Waals surface area contributed by atoms with Gasteiger partial charge in [-0.15, -0.1) is 11.8 Å². The fraction of sp³-hybridized carbons (Fsp3) is 0.571. The van der Waals surface area contributed by atoms with Crippen LogP contribution in [0, 0.1) is 0 Å².